The SMILES string of the molecule is CN1CCN(c2ccc(C#Cc3ccc(C=O)cc3)cc2)CC1. The fourth-order valence-corrected chi connectivity index (χ4v) is 2.61. The summed E-state index contributed by atoms with van der Waals surface area (Å²) in [5, 5.41) is 0. The molecular formula is C20H20N2O. The third-order valence-corrected chi connectivity index (χ3v) is 4.13. The second kappa shape index (κ2) is 7.13. The van der Waals surface area contributed by atoms with Gasteiger partial charge in [0.1, 0.15) is 6.29 Å². The summed E-state index contributed by atoms with van der Waals surface area (Å²) in [6.45, 7) is 4.37. The van der Waals surface area contributed by atoms with Crippen LogP contribution in [0.15, 0.2) is 48.5 Å². The number of carbonyl (C=O) groups is 1. The molecule has 0 atom stereocenters. The van der Waals surface area contributed by atoms with E-state index in [0.717, 1.165) is 43.6 Å². The minimum Gasteiger partial charge on any atom is -0.369 e. The zero-order valence-corrected chi connectivity index (χ0v) is 13.3. The molecule has 2 aromatic carbocycles. The van der Waals surface area contributed by atoms with Crippen LogP contribution in [-0.2, 0) is 0 Å². The molecule has 3 rings (SSSR count). The van der Waals surface area contributed by atoms with Crippen molar-refractivity contribution in [3.63, 3.8) is 0 Å². The van der Waals surface area contributed by atoms with E-state index in [9.17, 15) is 4.79 Å². The van der Waals surface area contributed by atoms with Crippen molar-refractivity contribution in [3.05, 3.63) is 65.2 Å². The Hall–Kier alpha value is -2.57. The second-order valence-electron chi connectivity index (χ2n) is 5.83. The molecule has 1 fully saturated rings. The molecule has 0 N–H and O–H groups in total. The number of carbonyl (C=O) groups excluding carboxylic acids is 1. The van der Waals surface area contributed by atoms with Gasteiger partial charge in [-0.2, -0.15) is 0 Å². The van der Waals surface area contributed by atoms with Crippen LogP contribution in [-0.4, -0.2) is 44.4 Å². The molecule has 1 heterocycles. The summed E-state index contributed by atoms with van der Waals surface area (Å²) in [4.78, 5) is 15.4. The first-order valence-electron chi connectivity index (χ1n) is 7.85. The van der Waals surface area contributed by atoms with Crippen LogP contribution in [0.4, 0.5) is 5.69 Å². The van der Waals surface area contributed by atoms with E-state index < -0.39 is 0 Å². The Morgan fingerprint density at radius 2 is 1.35 bits per heavy atom. The van der Waals surface area contributed by atoms with Gasteiger partial charge in [0.25, 0.3) is 0 Å². The van der Waals surface area contributed by atoms with Gasteiger partial charge in [-0.15, -0.1) is 0 Å². The molecule has 1 aliphatic rings. The van der Waals surface area contributed by atoms with Crippen molar-refractivity contribution in [1.29, 1.82) is 0 Å². The lowest BCUT2D eigenvalue weighted by atomic mass is 10.1. The molecule has 0 aliphatic carbocycles. The van der Waals surface area contributed by atoms with Crippen LogP contribution in [0.3, 0.4) is 0 Å². The quantitative estimate of drug-likeness (QED) is 0.629. The maximum Gasteiger partial charge on any atom is 0.150 e. The van der Waals surface area contributed by atoms with Crippen molar-refractivity contribution < 1.29 is 4.79 Å². The lowest BCUT2D eigenvalue weighted by Crippen LogP contribution is -2.44. The van der Waals surface area contributed by atoms with Gasteiger partial charge in [-0.25, -0.2) is 0 Å². The maximum absolute atomic E-state index is 10.6. The number of rotatable bonds is 2. The van der Waals surface area contributed by atoms with Crippen LogP contribution in [0.2, 0.25) is 0 Å². The van der Waals surface area contributed by atoms with E-state index in [1.165, 1.54) is 5.69 Å². The number of piperazine rings is 1. The van der Waals surface area contributed by atoms with E-state index in [1.54, 1.807) is 12.1 Å². The first-order chi connectivity index (χ1) is 11.2. The molecule has 23 heavy (non-hydrogen) atoms. The first-order valence-corrected chi connectivity index (χ1v) is 7.85. The fraction of sp³-hybridized carbons (Fsp3) is 0.250. The fourth-order valence-electron chi connectivity index (χ4n) is 2.61. The van der Waals surface area contributed by atoms with Crippen molar-refractivity contribution in [2.45, 2.75) is 0 Å². The topological polar surface area (TPSA) is 23.6 Å². The molecule has 3 nitrogen and oxygen atoms in total. The Morgan fingerprint density at radius 1 is 0.826 bits per heavy atom. The summed E-state index contributed by atoms with van der Waals surface area (Å²) >= 11 is 0. The molecule has 0 spiro atoms. The molecule has 3 heteroatoms. The second-order valence-corrected chi connectivity index (χ2v) is 5.83. The van der Waals surface area contributed by atoms with Crippen LogP contribution >= 0.6 is 0 Å². The van der Waals surface area contributed by atoms with Gasteiger partial charge >= 0.3 is 0 Å². The summed E-state index contributed by atoms with van der Waals surface area (Å²) in [6.07, 6.45) is 0.842. The molecule has 1 saturated heterocycles. The number of anilines is 1. The van der Waals surface area contributed by atoms with Gasteiger partial charge in [0.05, 0.1) is 0 Å². The van der Waals surface area contributed by atoms with E-state index in [-0.39, 0.29) is 0 Å². The molecule has 1 aliphatic heterocycles. The van der Waals surface area contributed by atoms with Crippen LogP contribution in [0.1, 0.15) is 21.5 Å². The molecular weight excluding hydrogens is 284 g/mol. The minimum absolute atomic E-state index is 0.673. The van der Waals surface area contributed by atoms with E-state index in [0.29, 0.717) is 5.56 Å². The number of nitrogens with zero attached hydrogens (tertiary/aromatic N) is 2. The van der Waals surface area contributed by atoms with Crippen LogP contribution in [0.5, 0.6) is 0 Å². The average Bonchev–Trinajstić information content (AvgIpc) is 2.61. The Bertz CT molecular complexity index is 715. The molecule has 0 radical (unpaired) electrons. The number of benzene rings is 2. The summed E-state index contributed by atoms with van der Waals surface area (Å²) in [7, 11) is 2.16. The first kappa shape index (κ1) is 15.3. The molecule has 116 valence electrons. The maximum atomic E-state index is 10.6. The summed E-state index contributed by atoms with van der Waals surface area (Å²) in [5.74, 6) is 6.30. The summed E-state index contributed by atoms with van der Waals surface area (Å²) in [6, 6.07) is 15.7. The van der Waals surface area contributed by atoms with Crippen molar-refractivity contribution in [3.8, 4) is 11.8 Å². The lowest BCUT2D eigenvalue weighted by molar-refractivity contribution is 0.112. The Balaban J connectivity index is 1.67. The smallest absolute Gasteiger partial charge is 0.150 e. The lowest BCUT2D eigenvalue weighted by Gasteiger charge is -2.34. The Kier molecular flexibility index (Phi) is 4.75. The highest BCUT2D eigenvalue weighted by Crippen LogP contribution is 2.16. The third kappa shape index (κ3) is 4.00. The number of hydrogen-bond acceptors (Lipinski definition) is 3. The zero-order valence-electron chi connectivity index (χ0n) is 13.3. The molecule has 2 aromatic rings. The van der Waals surface area contributed by atoms with Crippen molar-refractivity contribution >= 4 is 12.0 Å². The standard InChI is InChI=1S/C20H20N2O/c1-21-12-14-22(15-13-21)20-10-8-18(9-11-20)3-2-17-4-6-19(16-23)7-5-17/h4-11,16H,12-15H2,1H3. The zero-order chi connectivity index (χ0) is 16.1. The predicted octanol–water partition coefficient (Wildman–Crippen LogP) is 2.65. The normalized spacial score (nSPS) is 14.9. The Morgan fingerprint density at radius 3 is 1.87 bits per heavy atom. The molecule has 0 amide bonds. The van der Waals surface area contributed by atoms with Gasteiger partial charge in [-0.05, 0) is 43.4 Å². The van der Waals surface area contributed by atoms with Crippen molar-refractivity contribution in [2.75, 3.05) is 38.1 Å². The number of likely N-dealkylation sites (N-methyl/N-ethyl adjacent to an activating group) is 1. The van der Waals surface area contributed by atoms with E-state index >= 15 is 0 Å². The van der Waals surface area contributed by atoms with E-state index in [4.69, 9.17) is 0 Å². The van der Waals surface area contributed by atoms with Gasteiger partial charge in [-0.3, -0.25) is 4.79 Å². The summed E-state index contributed by atoms with van der Waals surface area (Å²) < 4.78 is 0. The van der Waals surface area contributed by atoms with Crippen LogP contribution in [0.25, 0.3) is 0 Å². The van der Waals surface area contributed by atoms with E-state index in [2.05, 4.69) is 53.0 Å². The highest BCUT2D eigenvalue weighted by Gasteiger charge is 2.13. The van der Waals surface area contributed by atoms with Gasteiger partial charge in [0.2, 0.25) is 0 Å². The molecule has 0 aromatic heterocycles. The molecule has 0 unspecified atom stereocenters. The third-order valence-electron chi connectivity index (χ3n) is 4.13. The minimum atomic E-state index is 0.673. The van der Waals surface area contributed by atoms with Crippen molar-refractivity contribution in [1.82, 2.24) is 4.90 Å². The highest BCUT2D eigenvalue weighted by atomic mass is 16.1. The van der Waals surface area contributed by atoms with Gasteiger partial charge < -0.3 is 9.80 Å². The Labute approximate surface area is 137 Å². The van der Waals surface area contributed by atoms with Gasteiger partial charge in [-0.1, -0.05) is 24.0 Å². The van der Waals surface area contributed by atoms with Crippen LogP contribution < -0.4 is 4.90 Å². The van der Waals surface area contributed by atoms with Gasteiger partial charge in [0.15, 0.2) is 0 Å². The van der Waals surface area contributed by atoms with Crippen LogP contribution in [0, 0.1) is 11.8 Å². The van der Waals surface area contributed by atoms with E-state index in [1.807, 2.05) is 12.1 Å². The largest absolute Gasteiger partial charge is 0.369 e. The molecule has 0 saturated carbocycles. The molecule has 0 bridgehead atoms. The number of hydrogen-bond donors (Lipinski definition) is 0. The summed E-state index contributed by atoms with van der Waals surface area (Å²) in [5.41, 5.74) is 3.85. The predicted molar refractivity (Wildman–Crippen MR) is 94.0 cm³/mol. The van der Waals surface area contributed by atoms with Gasteiger partial charge in [0, 0.05) is 48.6 Å². The average molecular weight is 304 g/mol. The monoisotopic (exact) mass is 304 g/mol. The van der Waals surface area contributed by atoms with Crippen molar-refractivity contribution in [2.24, 2.45) is 0 Å². The highest BCUT2D eigenvalue weighted by molar-refractivity contribution is 5.74. The number of aldehydes is 1.